The lowest BCUT2D eigenvalue weighted by atomic mass is 9.93. The summed E-state index contributed by atoms with van der Waals surface area (Å²) in [6.45, 7) is 4.69. The van der Waals surface area contributed by atoms with Gasteiger partial charge in [-0.2, -0.15) is 0 Å². The van der Waals surface area contributed by atoms with E-state index in [2.05, 4.69) is 14.8 Å². The molecule has 2 N–H and O–H groups in total. The second-order valence-corrected chi connectivity index (χ2v) is 7.74. The van der Waals surface area contributed by atoms with Gasteiger partial charge < -0.3 is 14.7 Å². The molecule has 2 fully saturated rings. The number of piperidine rings is 1. The molecular formula is C21H28N4O3. The number of aromatic hydroxyl groups is 1. The zero-order valence-electron chi connectivity index (χ0n) is 16.4. The average Bonchev–Trinajstić information content (AvgIpc) is 3.24. The third kappa shape index (κ3) is 4.14. The van der Waals surface area contributed by atoms with Crippen LogP contribution < -0.4 is 15.2 Å². The Bertz CT molecular complexity index is 868. The van der Waals surface area contributed by atoms with Crippen LogP contribution in [0.4, 0.5) is 5.95 Å². The number of aromatic amines is 1. The second kappa shape index (κ2) is 8.22. The van der Waals surface area contributed by atoms with Crippen LogP contribution in [0.25, 0.3) is 0 Å². The van der Waals surface area contributed by atoms with E-state index in [1.54, 1.807) is 19.2 Å². The predicted molar refractivity (Wildman–Crippen MR) is 108 cm³/mol. The number of aromatic nitrogens is 2. The standard InChI is InChI=1S/C21H28N4O3/c1-28-19-12-15(4-5-18(19)26)14-24-10-6-16(7-11-24)17-13-20(27)23-21(22-17)25-8-2-3-9-25/h4-5,12-13,16,26H,2-3,6-11,14H2,1H3,(H,22,23,27). The van der Waals surface area contributed by atoms with Crippen LogP contribution in [0.3, 0.4) is 0 Å². The first-order valence-electron chi connectivity index (χ1n) is 10.1. The molecule has 0 aliphatic carbocycles. The molecule has 2 aliphatic heterocycles. The minimum atomic E-state index is -0.0504. The van der Waals surface area contributed by atoms with Crippen molar-refractivity contribution >= 4 is 5.95 Å². The smallest absolute Gasteiger partial charge is 0.252 e. The Morgan fingerprint density at radius 1 is 1.18 bits per heavy atom. The van der Waals surface area contributed by atoms with Gasteiger partial charge in [0.15, 0.2) is 11.5 Å². The van der Waals surface area contributed by atoms with Crippen LogP contribution in [-0.2, 0) is 6.54 Å². The monoisotopic (exact) mass is 384 g/mol. The molecule has 7 heteroatoms. The molecule has 1 aromatic heterocycles. The number of likely N-dealkylation sites (tertiary alicyclic amines) is 1. The Kier molecular flexibility index (Phi) is 5.52. The quantitative estimate of drug-likeness (QED) is 0.824. The van der Waals surface area contributed by atoms with Gasteiger partial charge in [-0.15, -0.1) is 0 Å². The van der Waals surface area contributed by atoms with E-state index in [0.717, 1.165) is 75.6 Å². The summed E-state index contributed by atoms with van der Waals surface area (Å²) < 4.78 is 5.20. The highest BCUT2D eigenvalue weighted by Crippen LogP contribution is 2.30. The molecular weight excluding hydrogens is 356 g/mol. The van der Waals surface area contributed by atoms with Crippen molar-refractivity contribution in [3.05, 3.63) is 45.9 Å². The van der Waals surface area contributed by atoms with Crippen LogP contribution in [0.15, 0.2) is 29.1 Å². The third-order valence-electron chi connectivity index (χ3n) is 5.81. The van der Waals surface area contributed by atoms with Gasteiger partial charge in [-0.3, -0.25) is 14.7 Å². The molecule has 2 aliphatic rings. The van der Waals surface area contributed by atoms with E-state index in [4.69, 9.17) is 9.72 Å². The molecule has 3 heterocycles. The van der Waals surface area contributed by atoms with E-state index in [-0.39, 0.29) is 11.3 Å². The van der Waals surface area contributed by atoms with Gasteiger partial charge in [-0.1, -0.05) is 6.07 Å². The van der Waals surface area contributed by atoms with E-state index in [9.17, 15) is 9.90 Å². The summed E-state index contributed by atoms with van der Waals surface area (Å²) in [6, 6.07) is 7.18. The van der Waals surface area contributed by atoms with Gasteiger partial charge in [0.1, 0.15) is 0 Å². The van der Waals surface area contributed by atoms with Crippen molar-refractivity contribution < 1.29 is 9.84 Å². The molecule has 150 valence electrons. The first kappa shape index (κ1) is 18.8. The molecule has 0 unspecified atom stereocenters. The third-order valence-corrected chi connectivity index (χ3v) is 5.81. The largest absolute Gasteiger partial charge is 0.504 e. The van der Waals surface area contributed by atoms with Gasteiger partial charge in [0.2, 0.25) is 5.95 Å². The summed E-state index contributed by atoms with van der Waals surface area (Å²) in [5.74, 6) is 1.74. The summed E-state index contributed by atoms with van der Waals surface area (Å²) in [7, 11) is 1.56. The number of phenolic OH excluding ortho intramolecular Hbond substituents is 1. The fourth-order valence-electron chi connectivity index (χ4n) is 4.22. The van der Waals surface area contributed by atoms with Crippen LogP contribution >= 0.6 is 0 Å². The zero-order valence-corrected chi connectivity index (χ0v) is 16.4. The number of nitrogens with one attached hydrogen (secondary N) is 1. The topological polar surface area (TPSA) is 81.7 Å². The van der Waals surface area contributed by atoms with E-state index in [0.29, 0.717) is 11.7 Å². The van der Waals surface area contributed by atoms with Crippen molar-refractivity contribution in [1.82, 2.24) is 14.9 Å². The minimum absolute atomic E-state index is 0.0504. The van der Waals surface area contributed by atoms with Crippen LogP contribution in [-0.4, -0.2) is 53.3 Å². The maximum absolute atomic E-state index is 12.1. The van der Waals surface area contributed by atoms with Gasteiger partial charge in [-0.25, -0.2) is 4.98 Å². The molecule has 4 rings (SSSR count). The number of H-pyrrole nitrogens is 1. The Morgan fingerprint density at radius 2 is 1.93 bits per heavy atom. The normalized spacial score (nSPS) is 18.5. The van der Waals surface area contributed by atoms with E-state index in [1.165, 1.54) is 0 Å². The molecule has 0 bridgehead atoms. The van der Waals surface area contributed by atoms with Crippen molar-refractivity contribution in [3.63, 3.8) is 0 Å². The Morgan fingerprint density at radius 3 is 2.64 bits per heavy atom. The van der Waals surface area contributed by atoms with Crippen molar-refractivity contribution in [3.8, 4) is 11.5 Å². The summed E-state index contributed by atoms with van der Waals surface area (Å²) in [5, 5.41) is 9.75. The van der Waals surface area contributed by atoms with Crippen LogP contribution in [0.5, 0.6) is 11.5 Å². The molecule has 2 aromatic rings. The van der Waals surface area contributed by atoms with Crippen LogP contribution in [0.2, 0.25) is 0 Å². The molecule has 28 heavy (non-hydrogen) atoms. The first-order valence-corrected chi connectivity index (χ1v) is 10.1. The maximum Gasteiger partial charge on any atom is 0.252 e. The van der Waals surface area contributed by atoms with Crippen molar-refractivity contribution in [2.24, 2.45) is 0 Å². The summed E-state index contributed by atoms with van der Waals surface area (Å²) in [4.78, 5) is 24.4. The number of methoxy groups -OCH3 is 1. The Labute approximate surface area is 165 Å². The molecule has 0 radical (unpaired) electrons. The maximum atomic E-state index is 12.1. The van der Waals surface area contributed by atoms with Crippen molar-refractivity contribution in [1.29, 1.82) is 0 Å². The summed E-state index contributed by atoms with van der Waals surface area (Å²) in [6.07, 6.45) is 4.30. The van der Waals surface area contributed by atoms with Gasteiger partial charge >= 0.3 is 0 Å². The Balaban J connectivity index is 1.39. The fraction of sp³-hybridized carbons (Fsp3) is 0.524. The highest BCUT2D eigenvalue weighted by molar-refractivity contribution is 5.41. The molecule has 0 amide bonds. The number of rotatable bonds is 5. The average molecular weight is 384 g/mol. The van der Waals surface area contributed by atoms with Gasteiger partial charge in [-0.05, 0) is 56.5 Å². The molecule has 7 nitrogen and oxygen atoms in total. The zero-order chi connectivity index (χ0) is 19.5. The minimum Gasteiger partial charge on any atom is -0.504 e. The predicted octanol–water partition coefficient (Wildman–Crippen LogP) is 2.46. The number of benzene rings is 1. The number of anilines is 1. The van der Waals surface area contributed by atoms with Crippen molar-refractivity contribution in [2.75, 3.05) is 38.2 Å². The molecule has 0 spiro atoms. The molecule has 0 saturated carbocycles. The van der Waals surface area contributed by atoms with Crippen molar-refractivity contribution in [2.45, 2.75) is 38.1 Å². The second-order valence-electron chi connectivity index (χ2n) is 7.74. The number of nitrogens with zero attached hydrogens (tertiary/aromatic N) is 3. The number of hydrogen-bond donors (Lipinski definition) is 2. The Hall–Kier alpha value is -2.54. The number of hydrogen-bond acceptors (Lipinski definition) is 6. The summed E-state index contributed by atoms with van der Waals surface area (Å²) >= 11 is 0. The first-order chi connectivity index (χ1) is 13.6. The van der Waals surface area contributed by atoms with Crippen LogP contribution in [0, 0.1) is 0 Å². The fourth-order valence-corrected chi connectivity index (χ4v) is 4.22. The van der Waals surface area contributed by atoms with E-state index >= 15 is 0 Å². The van der Waals surface area contributed by atoms with E-state index in [1.807, 2.05) is 12.1 Å². The highest BCUT2D eigenvalue weighted by Gasteiger charge is 2.24. The van der Waals surface area contributed by atoms with Crippen LogP contribution in [0.1, 0.15) is 42.9 Å². The number of ether oxygens (including phenoxy) is 1. The highest BCUT2D eigenvalue weighted by atomic mass is 16.5. The lowest BCUT2D eigenvalue weighted by Gasteiger charge is -2.32. The van der Waals surface area contributed by atoms with Gasteiger partial charge in [0.25, 0.3) is 5.56 Å². The molecule has 2 saturated heterocycles. The number of phenols is 1. The summed E-state index contributed by atoms with van der Waals surface area (Å²) in [5.41, 5.74) is 2.00. The lowest BCUT2D eigenvalue weighted by molar-refractivity contribution is 0.203. The molecule has 0 atom stereocenters. The molecule has 1 aromatic carbocycles. The lowest BCUT2D eigenvalue weighted by Crippen LogP contribution is -2.33. The van der Waals surface area contributed by atoms with E-state index < -0.39 is 0 Å². The SMILES string of the molecule is COc1cc(CN2CCC(c3cc(=O)[nH]c(N4CCCC4)n3)CC2)ccc1O. The van der Waals surface area contributed by atoms with Gasteiger partial charge in [0.05, 0.1) is 12.8 Å². The van der Waals surface area contributed by atoms with Gasteiger partial charge in [0, 0.05) is 31.6 Å².